The van der Waals surface area contributed by atoms with Crippen molar-refractivity contribution in [1.82, 2.24) is 39.9 Å². The number of hydrogen-bond donors (Lipinski definition) is 3. The number of hydrogen-bond acceptors (Lipinski definition) is 15. The largest absolute Gasteiger partial charge is 0.508 e. The first-order valence-corrected chi connectivity index (χ1v) is 27.8. The molecule has 2 aromatic heterocycles. The van der Waals surface area contributed by atoms with E-state index in [4.69, 9.17) is 14.7 Å². The second-order valence-electron chi connectivity index (χ2n) is 23.2. The number of aromatic hydroxyl groups is 1. The third-order valence-electron chi connectivity index (χ3n) is 17.8. The number of phenols is 1. The number of imide groups is 2. The smallest absolute Gasteiger partial charge is 0.319 e. The molecule has 4 amide bonds. The van der Waals surface area contributed by atoms with E-state index >= 15 is 8.78 Å². The number of aromatic nitrogens is 3. The van der Waals surface area contributed by atoms with Crippen molar-refractivity contribution in [2.24, 2.45) is 11.3 Å². The van der Waals surface area contributed by atoms with Crippen LogP contribution in [-0.2, 0) is 16.0 Å². The van der Waals surface area contributed by atoms with Crippen LogP contribution in [0.1, 0.15) is 104 Å². The van der Waals surface area contributed by atoms with Gasteiger partial charge in [-0.2, -0.15) is 9.97 Å². The van der Waals surface area contributed by atoms with Gasteiger partial charge in [0.05, 0.1) is 28.7 Å². The SMILES string of the molecule is CCc1c(F)ccc2cc(O)cc(-c3ncc4c(N5CCC[C@@](C)(O)C5)nc(OCC5(CN6CCN(C7CCN(CC8CCN(c9ccc%10c(c9)C(=O)N(C9CCC(=O)NC9=O)C%10=O)CC8)CC7)CC6)CC5)nc4c3F)c12. The van der Waals surface area contributed by atoms with Crippen LogP contribution in [0.3, 0.4) is 0 Å². The maximum absolute atomic E-state index is 17.2. The molecule has 6 aliphatic heterocycles. The highest BCUT2D eigenvalue weighted by Gasteiger charge is 2.47. The average molecular weight is 1060 g/mol. The molecule has 6 fully saturated rings. The van der Waals surface area contributed by atoms with E-state index in [0.717, 1.165) is 121 Å². The first-order valence-electron chi connectivity index (χ1n) is 27.8. The Labute approximate surface area is 446 Å². The summed E-state index contributed by atoms with van der Waals surface area (Å²) in [6.45, 7) is 14.8. The van der Waals surface area contributed by atoms with E-state index in [0.29, 0.717) is 83.2 Å². The van der Waals surface area contributed by atoms with E-state index < -0.39 is 46.9 Å². The zero-order chi connectivity index (χ0) is 53.3. The number of anilines is 2. The number of pyridine rings is 1. The quantitative estimate of drug-likeness (QED) is 0.111. The van der Waals surface area contributed by atoms with Crippen molar-refractivity contribution in [1.29, 1.82) is 0 Å². The number of carbonyl (C=O) groups excluding carboxylic acids is 4. The van der Waals surface area contributed by atoms with Crippen molar-refractivity contribution in [3.05, 3.63) is 77.0 Å². The summed E-state index contributed by atoms with van der Waals surface area (Å²) in [6, 6.07) is 10.9. The Kier molecular flexibility index (Phi) is 13.6. The predicted molar refractivity (Wildman–Crippen MR) is 286 cm³/mol. The molecule has 1 unspecified atom stereocenters. The average Bonchev–Trinajstić information content (AvgIpc) is 4.26. The Morgan fingerprint density at radius 1 is 0.805 bits per heavy atom. The summed E-state index contributed by atoms with van der Waals surface area (Å²) >= 11 is 0. The molecule has 1 aliphatic carbocycles. The molecule has 8 heterocycles. The van der Waals surface area contributed by atoms with Crippen LogP contribution in [0.4, 0.5) is 20.3 Å². The minimum absolute atomic E-state index is 0.0104. The molecule has 3 N–H and O–H groups in total. The van der Waals surface area contributed by atoms with Crippen molar-refractivity contribution < 1.29 is 42.9 Å². The molecule has 1 saturated carbocycles. The summed E-state index contributed by atoms with van der Waals surface area (Å²) in [5.41, 5.74) is 1.12. The Morgan fingerprint density at radius 3 is 2.30 bits per heavy atom. The highest BCUT2D eigenvalue weighted by atomic mass is 19.1. The number of carbonyl (C=O) groups is 4. The lowest BCUT2D eigenvalue weighted by atomic mass is 9.93. The zero-order valence-electron chi connectivity index (χ0n) is 44.0. The molecular weight excluding hydrogens is 987 g/mol. The van der Waals surface area contributed by atoms with E-state index in [1.54, 1.807) is 31.2 Å². The number of β-amino-alcohol motifs (C(OH)–C–C–N with tert-alkyl or cyclic N) is 1. The molecule has 3 aromatic carbocycles. The summed E-state index contributed by atoms with van der Waals surface area (Å²) in [4.78, 5) is 78.2. The van der Waals surface area contributed by atoms with E-state index in [1.807, 2.05) is 17.9 Å². The molecule has 406 valence electrons. The number of piperazine rings is 1. The molecule has 0 bridgehead atoms. The Balaban J connectivity index is 0.639. The number of aryl methyl sites for hydroxylation is 1. The highest BCUT2D eigenvalue weighted by Crippen LogP contribution is 2.47. The maximum atomic E-state index is 17.2. The summed E-state index contributed by atoms with van der Waals surface area (Å²) in [7, 11) is 0. The first kappa shape index (κ1) is 51.4. The van der Waals surface area contributed by atoms with E-state index in [2.05, 4.69) is 29.9 Å². The monoisotopic (exact) mass is 1050 g/mol. The van der Waals surface area contributed by atoms with Gasteiger partial charge in [0.15, 0.2) is 5.82 Å². The lowest BCUT2D eigenvalue weighted by molar-refractivity contribution is -0.136. The zero-order valence-corrected chi connectivity index (χ0v) is 44.0. The number of aliphatic hydroxyl groups is 1. The molecule has 77 heavy (non-hydrogen) atoms. The molecule has 5 saturated heterocycles. The number of nitrogens with zero attached hydrogens (tertiary/aromatic N) is 9. The third kappa shape index (κ3) is 10.1. The van der Waals surface area contributed by atoms with Crippen molar-refractivity contribution in [2.45, 2.75) is 102 Å². The first-order chi connectivity index (χ1) is 37.1. The van der Waals surface area contributed by atoms with Gasteiger partial charge in [-0.1, -0.05) is 13.0 Å². The molecule has 7 aliphatic rings. The van der Waals surface area contributed by atoms with Gasteiger partial charge in [0.25, 0.3) is 11.8 Å². The summed E-state index contributed by atoms with van der Waals surface area (Å²) < 4.78 is 38.9. The lowest BCUT2D eigenvalue weighted by Gasteiger charge is -2.44. The van der Waals surface area contributed by atoms with Gasteiger partial charge in [-0.05, 0) is 143 Å². The van der Waals surface area contributed by atoms with Crippen molar-refractivity contribution >= 4 is 56.8 Å². The molecule has 2 atom stereocenters. The van der Waals surface area contributed by atoms with Gasteiger partial charge in [-0.3, -0.25) is 39.3 Å². The maximum Gasteiger partial charge on any atom is 0.319 e. The number of piperidine rings is 4. The second kappa shape index (κ2) is 20.4. The number of ether oxygens (including phenoxy) is 1. The molecule has 17 nitrogen and oxygen atoms in total. The Morgan fingerprint density at radius 2 is 1.57 bits per heavy atom. The van der Waals surface area contributed by atoms with E-state index in [-0.39, 0.29) is 46.8 Å². The number of rotatable bonds is 13. The fraction of sp³-hybridized carbons (Fsp3) is 0.534. The van der Waals surface area contributed by atoms with Gasteiger partial charge in [0.1, 0.15) is 34.6 Å². The number of amides is 4. The van der Waals surface area contributed by atoms with Crippen LogP contribution in [0.5, 0.6) is 11.8 Å². The van der Waals surface area contributed by atoms with Crippen LogP contribution in [0.25, 0.3) is 32.9 Å². The normalized spacial score (nSPS) is 24.1. The van der Waals surface area contributed by atoms with Gasteiger partial charge in [-0.25, -0.2) is 8.78 Å². The van der Waals surface area contributed by atoms with Crippen LogP contribution in [-0.4, -0.2) is 171 Å². The predicted octanol–water partition coefficient (Wildman–Crippen LogP) is 6.30. The van der Waals surface area contributed by atoms with Crippen molar-refractivity contribution in [2.75, 3.05) is 94.9 Å². The molecule has 0 radical (unpaired) electrons. The molecule has 12 rings (SSSR count). The lowest BCUT2D eigenvalue weighted by Crippen LogP contribution is -2.54. The number of phenolic OH excluding ortho intramolecular Hbond substituents is 1. The topological polar surface area (TPSA) is 188 Å². The standard InChI is InChI=1S/C58H68F2N10O7/c1-3-40-45(59)8-5-36-27-39(71)29-43(48(36)40)50-49(60)51-44(30-61-50)52(69-18-4-15-57(2,76)32-69)64-56(63-51)77-34-58(16-17-58)33-66-23-25-68(26-24-66)37-13-19-65(20-14-37)31-35-11-21-67(22-12-35)38-6-7-41-42(28-38)55(75)70(54(41)74)46-9-10-47(72)62-53(46)73/h5-8,27-30,35,37,46,71,76H,3-4,9-26,31-34H2,1-2H3,(H,62,72,73)/t46?,57-/m1/s1. The number of likely N-dealkylation sites (tertiary alicyclic amines) is 1. The second-order valence-corrected chi connectivity index (χ2v) is 23.2. The highest BCUT2D eigenvalue weighted by molar-refractivity contribution is 6.23. The van der Waals surface area contributed by atoms with Gasteiger partial charge < -0.3 is 34.5 Å². The molecule has 5 aromatic rings. The van der Waals surface area contributed by atoms with E-state index in [1.165, 1.54) is 18.3 Å². The Hall–Kier alpha value is -6.41. The molecule has 0 spiro atoms. The van der Waals surface area contributed by atoms with Gasteiger partial charge >= 0.3 is 6.01 Å². The fourth-order valence-electron chi connectivity index (χ4n) is 13.3. The number of halogens is 2. The summed E-state index contributed by atoms with van der Waals surface area (Å²) in [5, 5.41) is 25.6. The van der Waals surface area contributed by atoms with Gasteiger partial charge in [-0.15, -0.1) is 0 Å². The number of fused-ring (bicyclic) bond motifs is 3. The minimum Gasteiger partial charge on any atom is -0.508 e. The van der Waals surface area contributed by atoms with Crippen LogP contribution in [0.15, 0.2) is 48.7 Å². The number of nitrogens with one attached hydrogen (secondary N) is 1. The fourth-order valence-corrected chi connectivity index (χ4v) is 13.3. The van der Waals surface area contributed by atoms with Crippen LogP contribution in [0.2, 0.25) is 0 Å². The van der Waals surface area contributed by atoms with Crippen LogP contribution >= 0.6 is 0 Å². The molecular formula is C58H68F2N10O7. The Bertz CT molecular complexity index is 3170. The number of benzene rings is 3. The molecule has 19 heteroatoms. The minimum atomic E-state index is -0.977. The third-order valence-corrected chi connectivity index (χ3v) is 17.8. The van der Waals surface area contributed by atoms with Crippen molar-refractivity contribution in [3.8, 4) is 23.0 Å². The van der Waals surface area contributed by atoms with Gasteiger partial charge in [0.2, 0.25) is 11.8 Å². The summed E-state index contributed by atoms with van der Waals surface area (Å²) in [6.07, 6.45) is 9.86. The van der Waals surface area contributed by atoms with Crippen LogP contribution < -0.4 is 19.9 Å². The van der Waals surface area contributed by atoms with E-state index in [9.17, 15) is 29.4 Å². The van der Waals surface area contributed by atoms with Crippen LogP contribution in [0, 0.1) is 23.0 Å². The summed E-state index contributed by atoms with van der Waals surface area (Å²) in [5.74, 6) is -2.17. The van der Waals surface area contributed by atoms with Crippen molar-refractivity contribution in [3.63, 3.8) is 0 Å². The van der Waals surface area contributed by atoms with Gasteiger partial charge in [0, 0.05) is 101 Å².